The van der Waals surface area contributed by atoms with Crippen LogP contribution < -0.4 is 0 Å². The number of carbonyl (C=O) groups is 1. The molecule has 0 radical (unpaired) electrons. The minimum Gasteiger partial charge on any atom is -0.478 e. The molecule has 0 amide bonds. The van der Waals surface area contributed by atoms with Crippen LogP contribution in [-0.2, 0) is 0 Å². The molecule has 2 aromatic heterocycles. The summed E-state index contributed by atoms with van der Waals surface area (Å²) in [5, 5.41) is 9.93. The van der Waals surface area contributed by atoms with Gasteiger partial charge in [0.05, 0.1) is 11.9 Å². The number of aryl methyl sites for hydroxylation is 1. The lowest BCUT2D eigenvalue weighted by atomic mass is 10.1. The zero-order chi connectivity index (χ0) is 14.1. The van der Waals surface area contributed by atoms with Gasteiger partial charge in [0.15, 0.2) is 5.65 Å². The molecule has 7 heteroatoms. The van der Waals surface area contributed by atoms with Crippen LogP contribution in [0.5, 0.6) is 0 Å². The van der Waals surface area contributed by atoms with Crippen LogP contribution in [0.1, 0.15) is 15.9 Å². The van der Waals surface area contributed by atoms with E-state index in [2.05, 4.69) is 19.9 Å². The second kappa shape index (κ2) is 4.93. The van der Waals surface area contributed by atoms with Gasteiger partial charge in [-0.2, -0.15) is 0 Å². The molecule has 0 atom stereocenters. The third-order valence-corrected chi connectivity index (χ3v) is 4.08. The van der Waals surface area contributed by atoms with E-state index in [4.69, 9.17) is 0 Å². The van der Waals surface area contributed by atoms with E-state index in [-0.39, 0.29) is 5.56 Å². The van der Waals surface area contributed by atoms with E-state index < -0.39 is 5.97 Å². The maximum absolute atomic E-state index is 11.3. The number of imidazole rings is 1. The molecular weight excluding hydrogens is 276 g/mol. The Morgan fingerprint density at radius 3 is 2.95 bits per heavy atom. The van der Waals surface area contributed by atoms with Crippen molar-refractivity contribution in [3.8, 4) is 0 Å². The first-order valence-electron chi connectivity index (χ1n) is 5.81. The molecule has 0 saturated heterocycles. The molecule has 0 bridgehead atoms. The first-order chi connectivity index (χ1) is 9.66. The molecule has 3 rings (SSSR count). The molecule has 6 nitrogen and oxygen atoms in total. The predicted octanol–water partition coefficient (Wildman–Crippen LogP) is 2.51. The maximum Gasteiger partial charge on any atom is 0.336 e. The lowest BCUT2D eigenvalue weighted by Gasteiger charge is -2.08. The molecular formula is C13H10N4O2S. The zero-order valence-electron chi connectivity index (χ0n) is 10.5. The molecule has 1 aromatic carbocycles. The Bertz CT molecular complexity index is 800. The van der Waals surface area contributed by atoms with Crippen molar-refractivity contribution in [3.63, 3.8) is 0 Å². The van der Waals surface area contributed by atoms with Gasteiger partial charge >= 0.3 is 5.97 Å². The van der Waals surface area contributed by atoms with E-state index in [1.807, 2.05) is 13.0 Å². The van der Waals surface area contributed by atoms with Crippen molar-refractivity contribution in [3.05, 3.63) is 42.0 Å². The quantitative estimate of drug-likeness (QED) is 0.719. The van der Waals surface area contributed by atoms with Crippen molar-refractivity contribution in [2.24, 2.45) is 0 Å². The number of benzene rings is 1. The normalized spacial score (nSPS) is 10.8. The number of aromatic nitrogens is 4. The van der Waals surface area contributed by atoms with Crippen molar-refractivity contribution in [2.75, 3.05) is 0 Å². The highest BCUT2D eigenvalue weighted by atomic mass is 32.2. The van der Waals surface area contributed by atoms with E-state index in [1.165, 1.54) is 18.1 Å². The molecule has 20 heavy (non-hydrogen) atoms. The van der Waals surface area contributed by atoms with E-state index in [1.54, 1.807) is 18.5 Å². The van der Waals surface area contributed by atoms with Crippen LogP contribution in [0.3, 0.4) is 0 Å². The number of hydrogen-bond donors (Lipinski definition) is 2. The lowest BCUT2D eigenvalue weighted by Crippen LogP contribution is -2.00. The summed E-state index contributed by atoms with van der Waals surface area (Å²) in [5.41, 5.74) is 2.42. The first-order valence-corrected chi connectivity index (χ1v) is 6.63. The van der Waals surface area contributed by atoms with E-state index in [9.17, 15) is 9.90 Å². The number of fused-ring (bicyclic) bond motifs is 1. The van der Waals surface area contributed by atoms with Crippen LogP contribution in [0.4, 0.5) is 0 Å². The monoisotopic (exact) mass is 286 g/mol. The molecule has 0 aliphatic heterocycles. The lowest BCUT2D eigenvalue weighted by molar-refractivity contribution is 0.0693. The molecule has 0 spiro atoms. The Hall–Kier alpha value is -2.41. The minimum absolute atomic E-state index is 0.265. The smallest absolute Gasteiger partial charge is 0.336 e. The Morgan fingerprint density at radius 1 is 1.30 bits per heavy atom. The van der Waals surface area contributed by atoms with Gasteiger partial charge in [-0.25, -0.2) is 19.7 Å². The number of H-pyrrole nitrogens is 1. The molecule has 2 heterocycles. The Balaban J connectivity index is 2.12. The molecule has 2 N–H and O–H groups in total. The fourth-order valence-electron chi connectivity index (χ4n) is 1.87. The Morgan fingerprint density at radius 2 is 2.15 bits per heavy atom. The van der Waals surface area contributed by atoms with Crippen LogP contribution in [0, 0.1) is 6.92 Å². The van der Waals surface area contributed by atoms with Crippen LogP contribution in [-0.4, -0.2) is 31.0 Å². The fraction of sp³-hybridized carbons (Fsp3) is 0.0769. The van der Waals surface area contributed by atoms with Gasteiger partial charge in [0, 0.05) is 4.90 Å². The van der Waals surface area contributed by atoms with Crippen LogP contribution in [0.15, 0.2) is 40.8 Å². The van der Waals surface area contributed by atoms with Crippen LogP contribution in [0.2, 0.25) is 0 Å². The van der Waals surface area contributed by atoms with Crippen molar-refractivity contribution < 1.29 is 9.90 Å². The van der Waals surface area contributed by atoms with Crippen molar-refractivity contribution in [1.82, 2.24) is 19.9 Å². The molecule has 0 fully saturated rings. The summed E-state index contributed by atoms with van der Waals surface area (Å²) in [5.74, 6) is -0.953. The molecule has 3 aromatic rings. The minimum atomic E-state index is -0.953. The highest BCUT2D eigenvalue weighted by Crippen LogP contribution is 2.34. The number of nitrogens with zero attached hydrogens (tertiary/aromatic N) is 3. The topological polar surface area (TPSA) is 91.8 Å². The summed E-state index contributed by atoms with van der Waals surface area (Å²) < 4.78 is 0. The summed E-state index contributed by atoms with van der Waals surface area (Å²) >= 11 is 1.30. The van der Waals surface area contributed by atoms with Gasteiger partial charge in [0.2, 0.25) is 0 Å². The number of aromatic amines is 1. The summed E-state index contributed by atoms with van der Waals surface area (Å²) in [6, 6.07) is 5.19. The van der Waals surface area contributed by atoms with Crippen LogP contribution in [0.25, 0.3) is 11.2 Å². The summed E-state index contributed by atoms with van der Waals surface area (Å²) in [4.78, 5) is 27.3. The number of carboxylic acids is 1. The Kier molecular flexibility index (Phi) is 3.11. The highest BCUT2D eigenvalue weighted by molar-refractivity contribution is 7.99. The number of aromatic carboxylic acids is 1. The van der Waals surface area contributed by atoms with Gasteiger partial charge in [-0.15, -0.1) is 0 Å². The maximum atomic E-state index is 11.3. The van der Waals surface area contributed by atoms with Gasteiger partial charge < -0.3 is 10.1 Å². The van der Waals surface area contributed by atoms with Crippen molar-refractivity contribution in [2.45, 2.75) is 16.8 Å². The van der Waals surface area contributed by atoms with Gasteiger partial charge in [-0.05, 0) is 18.6 Å². The zero-order valence-corrected chi connectivity index (χ0v) is 11.3. The van der Waals surface area contributed by atoms with Gasteiger partial charge in [0.1, 0.15) is 16.9 Å². The second-order valence-corrected chi connectivity index (χ2v) is 5.14. The SMILES string of the molecule is Cc1cccc(C(=O)O)c1Sc1ncnc2nc[nH]c12. The summed E-state index contributed by atoms with van der Waals surface area (Å²) in [7, 11) is 0. The first kappa shape index (κ1) is 12.6. The number of nitrogens with one attached hydrogen (secondary N) is 1. The largest absolute Gasteiger partial charge is 0.478 e. The predicted molar refractivity (Wildman–Crippen MR) is 73.9 cm³/mol. The number of carboxylic acid groups (broad SMARTS) is 1. The third-order valence-electron chi connectivity index (χ3n) is 2.83. The molecule has 100 valence electrons. The van der Waals surface area contributed by atoms with E-state index in [0.29, 0.717) is 21.1 Å². The summed E-state index contributed by atoms with van der Waals surface area (Å²) in [6.45, 7) is 1.88. The van der Waals surface area contributed by atoms with Crippen molar-refractivity contribution in [1.29, 1.82) is 0 Å². The van der Waals surface area contributed by atoms with Gasteiger partial charge in [0.25, 0.3) is 0 Å². The average Bonchev–Trinajstić information content (AvgIpc) is 2.90. The highest BCUT2D eigenvalue weighted by Gasteiger charge is 2.16. The Labute approximate surface area is 118 Å². The number of hydrogen-bond acceptors (Lipinski definition) is 5. The molecule has 0 unspecified atom stereocenters. The molecule has 0 aliphatic rings. The van der Waals surface area contributed by atoms with Gasteiger partial charge in [-0.1, -0.05) is 23.9 Å². The fourth-order valence-corrected chi connectivity index (χ4v) is 2.91. The van der Waals surface area contributed by atoms with E-state index in [0.717, 1.165) is 5.56 Å². The second-order valence-electron chi connectivity index (χ2n) is 4.14. The molecule has 0 saturated carbocycles. The third kappa shape index (κ3) is 2.12. The van der Waals surface area contributed by atoms with E-state index >= 15 is 0 Å². The van der Waals surface area contributed by atoms with Crippen LogP contribution >= 0.6 is 11.8 Å². The number of rotatable bonds is 3. The summed E-state index contributed by atoms with van der Waals surface area (Å²) in [6.07, 6.45) is 2.96. The standard InChI is InChI=1S/C13H10N4O2S/c1-7-3-2-4-8(13(18)19)10(7)20-12-9-11(15-5-14-9)16-6-17-12/h2-6H,1H3,(H,18,19)(H,14,15,16,17). The average molecular weight is 286 g/mol. The molecule has 0 aliphatic carbocycles. The van der Waals surface area contributed by atoms with Crippen molar-refractivity contribution >= 4 is 28.9 Å². The van der Waals surface area contributed by atoms with Gasteiger partial charge in [-0.3, -0.25) is 0 Å².